The number of hydrogen-bond acceptors (Lipinski definition) is 5. The van der Waals surface area contributed by atoms with Crippen LogP contribution in [0.4, 0.5) is 11.4 Å². The molecule has 0 saturated carbocycles. The number of rotatable bonds is 3. The highest BCUT2D eigenvalue weighted by atomic mass is 16.6. The minimum Gasteiger partial charge on any atom is -0.469 e. The first kappa shape index (κ1) is 13.3. The predicted molar refractivity (Wildman–Crippen MR) is 70.2 cm³/mol. The molecule has 102 valence electrons. The van der Waals surface area contributed by atoms with Crippen molar-refractivity contribution >= 4 is 17.3 Å². The summed E-state index contributed by atoms with van der Waals surface area (Å²) in [6.07, 6.45) is 0.664. The first-order chi connectivity index (χ1) is 9.02. The maximum Gasteiger partial charge on any atom is 0.310 e. The van der Waals surface area contributed by atoms with Crippen LogP contribution >= 0.6 is 0 Å². The summed E-state index contributed by atoms with van der Waals surface area (Å²) in [6, 6.07) is 5.02. The Bertz CT molecular complexity index is 515. The van der Waals surface area contributed by atoms with Crippen LogP contribution in [0.25, 0.3) is 0 Å². The molecule has 0 bridgehead atoms. The van der Waals surface area contributed by atoms with Crippen LogP contribution < -0.4 is 4.90 Å². The van der Waals surface area contributed by atoms with Gasteiger partial charge in [0.05, 0.1) is 18.0 Å². The summed E-state index contributed by atoms with van der Waals surface area (Å²) < 4.78 is 4.72. The Hall–Kier alpha value is -2.11. The molecule has 1 saturated heterocycles. The van der Waals surface area contributed by atoms with E-state index in [0.717, 1.165) is 5.56 Å². The van der Waals surface area contributed by atoms with Crippen LogP contribution in [0.15, 0.2) is 18.2 Å². The van der Waals surface area contributed by atoms with Gasteiger partial charge in [0.25, 0.3) is 5.69 Å². The van der Waals surface area contributed by atoms with Crippen LogP contribution in [0.3, 0.4) is 0 Å². The first-order valence-corrected chi connectivity index (χ1v) is 6.10. The van der Waals surface area contributed by atoms with Crippen molar-refractivity contribution in [3.63, 3.8) is 0 Å². The average molecular weight is 264 g/mol. The molecule has 19 heavy (non-hydrogen) atoms. The summed E-state index contributed by atoms with van der Waals surface area (Å²) in [5.41, 5.74) is 1.62. The zero-order valence-corrected chi connectivity index (χ0v) is 11.0. The van der Waals surface area contributed by atoms with E-state index >= 15 is 0 Å². The van der Waals surface area contributed by atoms with E-state index in [-0.39, 0.29) is 22.5 Å². The Kier molecular flexibility index (Phi) is 3.69. The SMILES string of the molecule is COC(=O)C1CCN(c2cc(C)ccc2[N+](=O)[O-])C1. The lowest BCUT2D eigenvalue weighted by Crippen LogP contribution is -2.24. The fourth-order valence-corrected chi connectivity index (χ4v) is 2.38. The second-order valence-electron chi connectivity index (χ2n) is 4.70. The summed E-state index contributed by atoms with van der Waals surface area (Å²) in [5, 5.41) is 11.0. The van der Waals surface area contributed by atoms with Crippen LogP contribution in [0, 0.1) is 23.0 Å². The number of nitro groups is 1. The third kappa shape index (κ3) is 2.67. The highest BCUT2D eigenvalue weighted by molar-refractivity contribution is 5.75. The van der Waals surface area contributed by atoms with Gasteiger partial charge in [0.15, 0.2) is 0 Å². The van der Waals surface area contributed by atoms with Gasteiger partial charge >= 0.3 is 5.97 Å². The second-order valence-corrected chi connectivity index (χ2v) is 4.70. The topological polar surface area (TPSA) is 72.7 Å². The maximum atomic E-state index is 11.5. The molecule has 1 heterocycles. The van der Waals surface area contributed by atoms with Gasteiger partial charge in [-0.3, -0.25) is 14.9 Å². The van der Waals surface area contributed by atoms with Gasteiger partial charge in [-0.2, -0.15) is 0 Å². The van der Waals surface area contributed by atoms with E-state index in [9.17, 15) is 14.9 Å². The van der Waals surface area contributed by atoms with Crippen LogP contribution in [-0.4, -0.2) is 31.1 Å². The van der Waals surface area contributed by atoms with Gasteiger partial charge in [0.1, 0.15) is 5.69 Å². The van der Waals surface area contributed by atoms with Gasteiger partial charge in [-0.05, 0) is 25.0 Å². The van der Waals surface area contributed by atoms with Gasteiger partial charge in [0, 0.05) is 19.2 Å². The minimum atomic E-state index is -0.389. The van der Waals surface area contributed by atoms with E-state index in [2.05, 4.69) is 0 Å². The number of esters is 1. The molecule has 2 rings (SSSR count). The minimum absolute atomic E-state index is 0.0797. The molecular weight excluding hydrogens is 248 g/mol. The Morgan fingerprint density at radius 2 is 2.26 bits per heavy atom. The van der Waals surface area contributed by atoms with Crippen molar-refractivity contribution in [3.05, 3.63) is 33.9 Å². The van der Waals surface area contributed by atoms with Gasteiger partial charge in [-0.1, -0.05) is 6.07 Å². The van der Waals surface area contributed by atoms with E-state index < -0.39 is 0 Å². The predicted octanol–water partition coefficient (Wildman–Crippen LogP) is 1.90. The van der Waals surface area contributed by atoms with Crippen LogP contribution in [0.1, 0.15) is 12.0 Å². The molecule has 0 radical (unpaired) electrons. The third-order valence-corrected chi connectivity index (χ3v) is 3.39. The van der Waals surface area contributed by atoms with Crippen LogP contribution in [-0.2, 0) is 9.53 Å². The average Bonchev–Trinajstić information content (AvgIpc) is 2.86. The number of aryl methyl sites for hydroxylation is 1. The Balaban J connectivity index is 2.26. The Labute approximate surface area is 111 Å². The van der Waals surface area contributed by atoms with Crippen molar-refractivity contribution in [2.24, 2.45) is 5.92 Å². The Morgan fingerprint density at radius 3 is 2.89 bits per heavy atom. The van der Waals surface area contributed by atoms with Crippen molar-refractivity contribution in [3.8, 4) is 0 Å². The number of carbonyl (C=O) groups excluding carboxylic acids is 1. The molecular formula is C13H16N2O4. The fraction of sp³-hybridized carbons (Fsp3) is 0.462. The number of hydrogen-bond donors (Lipinski definition) is 0. The molecule has 0 N–H and O–H groups in total. The molecule has 1 unspecified atom stereocenters. The van der Waals surface area contributed by atoms with Crippen molar-refractivity contribution in [2.45, 2.75) is 13.3 Å². The van der Waals surface area contributed by atoms with Gasteiger partial charge in [-0.25, -0.2) is 0 Å². The summed E-state index contributed by atoms with van der Waals surface area (Å²) >= 11 is 0. The fourth-order valence-electron chi connectivity index (χ4n) is 2.38. The zero-order chi connectivity index (χ0) is 14.0. The smallest absolute Gasteiger partial charge is 0.310 e. The number of methoxy groups -OCH3 is 1. The Morgan fingerprint density at radius 1 is 1.53 bits per heavy atom. The number of benzene rings is 1. The second kappa shape index (κ2) is 5.26. The molecule has 0 spiro atoms. The lowest BCUT2D eigenvalue weighted by atomic mass is 10.1. The molecule has 1 aliphatic heterocycles. The molecule has 6 nitrogen and oxygen atoms in total. The van der Waals surface area contributed by atoms with Gasteiger partial charge in [0.2, 0.25) is 0 Å². The molecule has 0 aliphatic carbocycles. The van der Waals surface area contributed by atoms with Crippen LogP contribution in [0.5, 0.6) is 0 Å². The number of carbonyl (C=O) groups is 1. The monoisotopic (exact) mass is 264 g/mol. The molecule has 1 aromatic carbocycles. The summed E-state index contributed by atoms with van der Waals surface area (Å²) in [7, 11) is 1.36. The maximum absolute atomic E-state index is 11.5. The van der Waals surface area contributed by atoms with E-state index in [0.29, 0.717) is 25.2 Å². The normalized spacial score (nSPS) is 18.4. The third-order valence-electron chi connectivity index (χ3n) is 3.39. The number of ether oxygens (including phenoxy) is 1. The van der Waals surface area contributed by atoms with Crippen molar-refractivity contribution in [1.82, 2.24) is 0 Å². The van der Waals surface area contributed by atoms with Crippen molar-refractivity contribution < 1.29 is 14.5 Å². The summed E-state index contributed by atoms with van der Waals surface area (Å²) in [6.45, 7) is 2.99. The highest BCUT2D eigenvalue weighted by Crippen LogP contribution is 2.33. The van der Waals surface area contributed by atoms with Crippen molar-refractivity contribution in [2.75, 3.05) is 25.1 Å². The van der Waals surface area contributed by atoms with Gasteiger partial charge in [-0.15, -0.1) is 0 Å². The molecule has 1 fully saturated rings. The largest absolute Gasteiger partial charge is 0.469 e. The lowest BCUT2D eigenvalue weighted by Gasteiger charge is -2.18. The summed E-state index contributed by atoms with van der Waals surface area (Å²) in [5.74, 6) is -0.456. The van der Waals surface area contributed by atoms with E-state index in [1.165, 1.54) is 13.2 Å². The number of anilines is 1. The number of nitrogens with zero attached hydrogens (tertiary/aromatic N) is 2. The molecule has 0 aromatic heterocycles. The zero-order valence-electron chi connectivity index (χ0n) is 11.0. The van der Waals surface area contributed by atoms with Crippen molar-refractivity contribution in [1.29, 1.82) is 0 Å². The molecule has 0 amide bonds. The first-order valence-electron chi connectivity index (χ1n) is 6.10. The van der Waals surface area contributed by atoms with E-state index in [4.69, 9.17) is 4.74 Å². The van der Waals surface area contributed by atoms with E-state index in [1.807, 2.05) is 11.8 Å². The molecule has 1 aromatic rings. The molecule has 6 heteroatoms. The van der Waals surface area contributed by atoms with Gasteiger partial charge < -0.3 is 9.64 Å². The standard InChI is InChI=1S/C13H16N2O4/c1-9-3-4-11(15(17)18)12(7-9)14-6-5-10(8-14)13(16)19-2/h3-4,7,10H,5-6,8H2,1-2H3. The lowest BCUT2D eigenvalue weighted by molar-refractivity contribution is -0.384. The van der Waals surface area contributed by atoms with Crippen LogP contribution in [0.2, 0.25) is 0 Å². The highest BCUT2D eigenvalue weighted by Gasteiger charge is 2.32. The quantitative estimate of drug-likeness (QED) is 0.473. The summed E-state index contributed by atoms with van der Waals surface area (Å²) in [4.78, 5) is 24.0. The van der Waals surface area contributed by atoms with E-state index in [1.54, 1.807) is 12.1 Å². The number of nitro benzene ring substituents is 1. The molecule has 1 aliphatic rings. The molecule has 1 atom stereocenters.